The second kappa shape index (κ2) is 10.3. The molecule has 0 saturated heterocycles. The van der Waals surface area contributed by atoms with Gasteiger partial charge in [0.15, 0.2) is 0 Å². The standard InChI is InChI=1S/C23H40.3CH4/c1-6-8-17-10-11-20-19(18(17)9-7-2)14-15-23(5)21(16(3)4)12-13-22(20)23;;;/h17-22H,3,6-15H2,1-2,4-5H3;3*1H4. The number of allylic oxidation sites excluding steroid dienone is 1. The Morgan fingerprint density at radius 2 is 1.54 bits per heavy atom. The van der Waals surface area contributed by atoms with Crippen molar-refractivity contribution in [3.63, 3.8) is 0 Å². The van der Waals surface area contributed by atoms with Crippen LogP contribution in [0.5, 0.6) is 0 Å². The van der Waals surface area contributed by atoms with Gasteiger partial charge in [0, 0.05) is 0 Å². The summed E-state index contributed by atoms with van der Waals surface area (Å²) in [6.45, 7) is 14.1. The number of hydrogen-bond donors (Lipinski definition) is 0. The molecule has 0 amide bonds. The minimum atomic E-state index is 0. The van der Waals surface area contributed by atoms with Crippen LogP contribution in [-0.4, -0.2) is 0 Å². The molecule has 0 N–H and O–H groups in total. The lowest BCUT2D eigenvalue weighted by molar-refractivity contribution is -0.0510. The van der Waals surface area contributed by atoms with Crippen LogP contribution in [0.3, 0.4) is 0 Å². The molecular weight excluding hydrogens is 312 g/mol. The Balaban J connectivity index is 0.00000208. The van der Waals surface area contributed by atoms with E-state index in [9.17, 15) is 0 Å². The number of fused-ring (bicyclic) bond motifs is 3. The van der Waals surface area contributed by atoms with Crippen molar-refractivity contribution >= 4 is 0 Å². The lowest BCUT2D eigenvalue weighted by atomic mass is 9.50. The summed E-state index contributed by atoms with van der Waals surface area (Å²) in [6.07, 6.45) is 14.8. The molecule has 0 aromatic heterocycles. The molecule has 3 fully saturated rings. The molecule has 0 bridgehead atoms. The van der Waals surface area contributed by atoms with Crippen LogP contribution in [0, 0.1) is 40.9 Å². The van der Waals surface area contributed by atoms with Gasteiger partial charge in [0.1, 0.15) is 0 Å². The van der Waals surface area contributed by atoms with Gasteiger partial charge in [0.05, 0.1) is 0 Å². The van der Waals surface area contributed by atoms with Crippen molar-refractivity contribution in [3.8, 4) is 0 Å². The van der Waals surface area contributed by atoms with Crippen molar-refractivity contribution in [1.82, 2.24) is 0 Å². The van der Waals surface area contributed by atoms with Gasteiger partial charge in [-0.25, -0.2) is 0 Å². The Bertz CT molecular complexity index is 422. The molecule has 0 spiro atoms. The van der Waals surface area contributed by atoms with Crippen LogP contribution in [0.4, 0.5) is 0 Å². The summed E-state index contributed by atoms with van der Waals surface area (Å²) in [5.74, 6) is 6.01. The maximum absolute atomic E-state index is 4.36. The van der Waals surface area contributed by atoms with Crippen LogP contribution in [-0.2, 0) is 0 Å². The van der Waals surface area contributed by atoms with Crippen molar-refractivity contribution in [3.05, 3.63) is 12.2 Å². The van der Waals surface area contributed by atoms with E-state index in [-0.39, 0.29) is 22.3 Å². The zero-order chi connectivity index (χ0) is 16.6. The Morgan fingerprint density at radius 1 is 0.885 bits per heavy atom. The molecule has 0 aromatic rings. The van der Waals surface area contributed by atoms with Gasteiger partial charge < -0.3 is 0 Å². The molecule has 0 heterocycles. The van der Waals surface area contributed by atoms with Gasteiger partial charge in [0.2, 0.25) is 0 Å². The molecule has 0 nitrogen and oxygen atoms in total. The first-order chi connectivity index (χ1) is 11.0. The van der Waals surface area contributed by atoms with Crippen LogP contribution < -0.4 is 0 Å². The third-order valence-corrected chi connectivity index (χ3v) is 8.40. The summed E-state index contributed by atoms with van der Waals surface area (Å²) in [5.41, 5.74) is 2.06. The van der Waals surface area contributed by atoms with Crippen molar-refractivity contribution in [2.75, 3.05) is 0 Å². The summed E-state index contributed by atoms with van der Waals surface area (Å²) in [6, 6.07) is 0. The molecular formula is C26H52. The highest BCUT2D eigenvalue weighted by Gasteiger charge is 2.56. The fourth-order valence-electron chi connectivity index (χ4n) is 7.56. The predicted octanol–water partition coefficient (Wildman–Crippen LogP) is 9.16. The minimum Gasteiger partial charge on any atom is -0.0998 e. The van der Waals surface area contributed by atoms with Crippen molar-refractivity contribution in [2.45, 2.75) is 114 Å². The van der Waals surface area contributed by atoms with E-state index in [0.717, 1.165) is 35.5 Å². The summed E-state index contributed by atoms with van der Waals surface area (Å²) >= 11 is 0. The Hall–Kier alpha value is -0.260. The van der Waals surface area contributed by atoms with E-state index in [1.807, 2.05) is 0 Å². The second-order valence-corrected chi connectivity index (χ2v) is 9.53. The molecule has 7 unspecified atom stereocenters. The highest BCUT2D eigenvalue weighted by Crippen LogP contribution is 2.64. The van der Waals surface area contributed by atoms with E-state index in [2.05, 4.69) is 34.3 Å². The second-order valence-electron chi connectivity index (χ2n) is 9.53. The zero-order valence-electron chi connectivity index (χ0n) is 16.2. The van der Waals surface area contributed by atoms with Crippen molar-refractivity contribution in [1.29, 1.82) is 0 Å². The maximum Gasteiger partial charge on any atom is -0.0152 e. The van der Waals surface area contributed by atoms with Crippen molar-refractivity contribution < 1.29 is 0 Å². The normalized spacial score (nSPS) is 40.9. The molecule has 3 saturated carbocycles. The topological polar surface area (TPSA) is 0 Å². The molecule has 0 radical (unpaired) electrons. The quantitative estimate of drug-likeness (QED) is 0.426. The smallest absolute Gasteiger partial charge is 0.0152 e. The van der Waals surface area contributed by atoms with Crippen LogP contribution in [0.15, 0.2) is 12.2 Å². The monoisotopic (exact) mass is 364 g/mol. The number of hydrogen-bond acceptors (Lipinski definition) is 0. The molecule has 3 rings (SSSR count). The summed E-state index contributed by atoms with van der Waals surface area (Å²) in [7, 11) is 0. The maximum atomic E-state index is 4.36. The Labute approximate surface area is 167 Å². The van der Waals surface area contributed by atoms with Crippen LogP contribution in [0.25, 0.3) is 0 Å². The summed E-state index contributed by atoms with van der Waals surface area (Å²) < 4.78 is 0. The van der Waals surface area contributed by atoms with Crippen LogP contribution in [0.2, 0.25) is 0 Å². The molecule has 0 heteroatoms. The molecule has 3 aliphatic rings. The van der Waals surface area contributed by atoms with Gasteiger partial charge in [-0.3, -0.25) is 0 Å². The minimum absolute atomic E-state index is 0. The van der Waals surface area contributed by atoms with Gasteiger partial charge in [-0.05, 0) is 86.4 Å². The third-order valence-electron chi connectivity index (χ3n) is 8.40. The van der Waals surface area contributed by atoms with E-state index in [4.69, 9.17) is 0 Å². The zero-order valence-corrected chi connectivity index (χ0v) is 16.2. The largest absolute Gasteiger partial charge is 0.0998 e. The number of rotatable bonds is 5. The van der Waals surface area contributed by atoms with Gasteiger partial charge in [0.25, 0.3) is 0 Å². The van der Waals surface area contributed by atoms with E-state index in [1.54, 1.807) is 6.42 Å². The molecule has 7 atom stereocenters. The molecule has 26 heavy (non-hydrogen) atoms. The lowest BCUT2D eigenvalue weighted by Gasteiger charge is -2.55. The highest BCUT2D eigenvalue weighted by atomic mass is 14.6. The molecule has 156 valence electrons. The molecule has 0 aromatic carbocycles. The van der Waals surface area contributed by atoms with Gasteiger partial charge in [-0.15, -0.1) is 0 Å². The van der Waals surface area contributed by atoms with Crippen LogP contribution in [0.1, 0.15) is 114 Å². The van der Waals surface area contributed by atoms with Gasteiger partial charge >= 0.3 is 0 Å². The average Bonchev–Trinajstić information content (AvgIpc) is 2.87. The average molecular weight is 365 g/mol. The first kappa shape index (κ1) is 25.7. The molecule has 0 aliphatic heterocycles. The van der Waals surface area contributed by atoms with Crippen LogP contribution >= 0.6 is 0 Å². The first-order valence-electron chi connectivity index (χ1n) is 10.7. The van der Waals surface area contributed by atoms with Gasteiger partial charge in [-0.1, -0.05) is 80.9 Å². The summed E-state index contributed by atoms with van der Waals surface area (Å²) in [5, 5.41) is 0. The molecule has 3 aliphatic carbocycles. The van der Waals surface area contributed by atoms with Gasteiger partial charge in [-0.2, -0.15) is 0 Å². The lowest BCUT2D eigenvalue weighted by Crippen LogP contribution is -2.47. The predicted molar refractivity (Wildman–Crippen MR) is 122 cm³/mol. The fourth-order valence-corrected chi connectivity index (χ4v) is 7.56. The SMILES string of the molecule is C.C.C.C=C(C)C1CCC2C3CCC(CCC)C(CCC)C3CCC12C. The van der Waals surface area contributed by atoms with Crippen molar-refractivity contribution in [2.24, 2.45) is 40.9 Å². The summed E-state index contributed by atoms with van der Waals surface area (Å²) in [4.78, 5) is 0. The van der Waals surface area contributed by atoms with E-state index in [1.165, 1.54) is 63.4 Å². The van der Waals surface area contributed by atoms with E-state index >= 15 is 0 Å². The van der Waals surface area contributed by atoms with E-state index in [0.29, 0.717) is 5.41 Å². The fraction of sp³-hybridized carbons (Fsp3) is 0.923. The Kier molecular flexibility index (Phi) is 10.2. The van der Waals surface area contributed by atoms with E-state index < -0.39 is 0 Å². The third kappa shape index (κ3) is 4.25. The highest BCUT2D eigenvalue weighted by molar-refractivity contribution is 5.13. The first-order valence-corrected chi connectivity index (χ1v) is 10.7. The Morgan fingerprint density at radius 3 is 2.12 bits per heavy atom.